The third-order valence-electron chi connectivity index (χ3n) is 24.4. The van der Waals surface area contributed by atoms with Crippen LogP contribution in [0.3, 0.4) is 0 Å². The maximum atomic E-state index is 12.9. The molecule has 0 spiro atoms. The Morgan fingerprint density at radius 2 is 0.376 bits per heavy atom. The molecule has 6 saturated heterocycles. The summed E-state index contributed by atoms with van der Waals surface area (Å²) in [7, 11) is 0. The third-order valence-corrected chi connectivity index (χ3v) is 24.4. The normalized spacial score (nSPS) is 29.8. The van der Waals surface area contributed by atoms with Gasteiger partial charge in [-0.05, 0) is 114 Å². The van der Waals surface area contributed by atoms with Gasteiger partial charge in [0.2, 0.25) is 53.2 Å². The van der Waals surface area contributed by atoms with E-state index in [1.54, 1.807) is 0 Å². The molecule has 9 amide bonds. The lowest BCUT2D eigenvalue weighted by Gasteiger charge is -2.38. The number of nitrogens with one attached hydrogen (secondary N) is 9. The summed E-state index contributed by atoms with van der Waals surface area (Å²) in [4.78, 5) is 153. The summed E-state index contributed by atoms with van der Waals surface area (Å²) >= 11 is 0. The molecule has 54 nitrogen and oxygen atoms in total. The van der Waals surface area contributed by atoms with Crippen molar-refractivity contribution in [3.05, 3.63) is 0 Å². The molecular weight excluding hydrogens is 1980 g/mol. The van der Waals surface area contributed by atoms with Crippen LogP contribution in [0.5, 0.6) is 0 Å². The Morgan fingerprint density at radius 3 is 0.584 bits per heavy atom. The number of unbranched alkanes of at least 4 members (excludes halogenated alkanes) is 7. The fourth-order valence-electron chi connectivity index (χ4n) is 15.8. The van der Waals surface area contributed by atoms with Gasteiger partial charge in [0.25, 0.3) is 0 Å². The minimum Gasteiger partial charge on any atom is -0.388 e. The molecule has 0 aromatic rings. The summed E-state index contributed by atoms with van der Waals surface area (Å²) in [5.41, 5.74) is 0. The minimum absolute atomic E-state index is 0. The number of hydrogen-bond acceptors (Lipinski definition) is 45. The van der Waals surface area contributed by atoms with Gasteiger partial charge in [0.15, 0.2) is 37.7 Å². The van der Waals surface area contributed by atoms with Gasteiger partial charge in [-0.15, -0.1) is 0 Å². The number of nitrogens with zero attached hydrogens (tertiary/aromatic N) is 3. The molecule has 30 atom stereocenters. The largest absolute Gasteiger partial charge is 0.388 e. The van der Waals surface area contributed by atoms with E-state index >= 15 is 0 Å². The van der Waals surface area contributed by atoms with E-state index in [1.165, 1.54) is 56.2 Å². The van der Waals surface area contributed by atoms with Crippen molar-refractivity contribution < 1.29 is 206 Å². The maximum Gasteiger partial charge on any atom is 0.234 e. The van der Waals surface area contributed by atoms with Gasteiger partial charge < -0.3 is 197 Å². The molecule has 6 fully saturated rings. The lowest BCUT2D eigenvalue weighted by Crippen LogP contribution is -2.57. The number of amides is 9. The Balaban J connectivity index is 0.000000750. The summed E-state index contributed by atoms with van der Waals surface area (Å²) in [6, 6.07) is 0. The van der Waals surface area contributed by atoms with Crippen LogP contribution in [0.1, 0.15) is 193 Å². The van der Waals surface area contributed by atoms with E-state index in [4.69, 9.17) is 56.8 Å². The fraction of sp³-hybridized carbons (Fsp3) is 0.874. The van der Waals surface area contributed by atoms with Crippen LogP contribution in [0.15, 0.2) is 0 Å². The average molecular weight is 2160 g/mol. The van der Waals surface area contributed by atoms with E-state index < -0.39 is 220 Å². The van der Waals surface area contributed by atoms with Crippen molar-refractivity contribution in [3.8, 4) is 0 Å². The molecule has 6 rings (SSSR count). The number of rotatable bonds is 66. The molecule has 0 saturated carbocycles. The molecule has 0 unspecified atom stereocenters. The molecular formula is C95H176N12O42. The highest BCUT2D eigenvalue weighted by atomic mass is 16.7. The minimum atomic E-state index is -1.50. The first-order valence-corrected chi connectivity index (χ1v) is 50.7. The first-order valence-electron chi connectivity index (χ1n) is 50.7. The number of carbonyl (C=O) groups is 12. The van der Waals surface area contributed by atoms with Gasteiger partial charge in [0, 0.05) is 97.4 Å². The van der Waals surface area contributed by atoms with Crippen LogP contribution in [0.4, 0.5) is 0 Å². The van der Waals surface area contributed by atoms with E-state index in [-0.39, 0.29) is 207 Å². The summed E-state index contributed by atoms with van der Waals surface area (Å²) in [5.74, 6) is -3.63. The molecule has 0 aromatic heterocycles. The summed E-state index contributed by atoms with van der Waals surface area (Å²) < 4.78 is 64.8. The Hall–Kier alpha value is -7.08. The van der Waals surface area contributed by atoms with Crippen LogP contribution in [0, 0.1) is 0 Å². The number of carbonyl (C=O) groups excluding carboxylic acids is 12. The van der Waals surface area contributed by atoms with Crippen molar-refractivity contribution in [2.45, 2.75) is 377 Å². The second-order valence-electron chi connectivity index (χ2n) is 37.1. The van der Waals surface area contributed by atoms with Crippen molar-refractivity contribution in [1.29, 1.82) is 0 Å². The van der Waals surface area contributed by atoms with Gasteiger partial charge in [0.05, 0.1) is 135 Å². The van der Waals surface area contributed by atoms with Crippen molar-refractivity contribution >= 4 is 70.5 Å². The standard InChI is InChI=1S/C33H58N2O14.2C30H55N5O14.2CH4/c1-4-34-25(39)14-8-6-5-7-11-22(36)17-35(18-23(37)12-9-15-46-32-30(44)28(42)26(40)20(2)48-32)19-24(38)13-10-16-47-33-31(45)29(43)27(41)21(3)49-33;2*1-4-31-19(36)8-6-5-7-9-32-20(37)14-35(15-21(38)33-10-12-46-29-27(44)25(42)23(40)17(2)48-29)16-22(39)34-11-13-47-30-28(45)26(43)24(41)18(3)49-30;;/h20-21,26-33,40-45H,4-19H2,1-3H3,(H,34,39);2*17-18,23-30,40-45H,4-16H2,1-3H3,(H,31,36)(H,32,37)(H,33,38)(H,34,39);2*1H4/t20-,21-,26+,27+,28+,29+,30-,31-,32+,33+;2*17-,18-,23+,24+,25+,26+,27-,28-,29+,30+;;/m000../s1. The molecule has 6 aliphatic heterocycles. The van der Waals surface area contributed by atoms with Crippen LogP contribution < -0.4 is 47.9 Å². The second-order valence-corrected chi connectivity index (χ2v) is 37.1. The summed E-state index contributed by atoms with van der Waals surface area (Å²) in [5, 5.41) is 203. The van der Waals surface area contributed by atoms with E-state index in [0.717, 1.165) is 32.1 Å². The zero-order valence-electron chi connectivity index (χ0n) is 85.7. The monoisotopic (exact) mass is 2160 g/mol. The van der Waals surface area contributed by atoms with Gasteiger partial charge in [-0.1, -0.05) is 40.5 Å². The Morgan fingerprint density at radius 1 is 0.201 bits per heavy atom. The first kappa shape index (κ1) is 138. The zero-order valence-corrected chi connectivity index (χ0v) is 85.7. The molecule has 0 radical (unpaired) electrons. The Bertz CT molecular complexity index is 3280. The second kappa shape index (κ2) is 75.7. The van der Waals surface area contributed by atoms with Crippen molar-refractivity contribution in [3.63, 3.8) is 0 Å². The third kappa shape index (κ3) is 52.8. The molecule has 27 N–H and O–H groups in total. The molecule has 149 heavy (non-hydrogen) atoms. The lowest BCUT2D eigenvalue weighted by molar-refractivity contribution is -0.293. The van der Waals surface area contributed by atoms with Crippen LogP contribution in [0.25, 0.3) is 0 Å². The quantitative estimate of drug-likeness (QED) is 0.0251. The SMILES string of the molecule is C.C.CCNC(=O)CCCCCCC(=O)CN(CC(=O)CCCO[C@@H]1O[C@@H](C)[C@@H](O)[C@@H](O)[C@@H]1O)CC(=O)CCCO[C@@H]1O[C@@H](C)[C@@H](O)[C@@H](O)[C@@H]1O.CCNC(=O)CCCCCNC(=O)CN(CC(=O)NCCO[C@@H]1O[C@@H](C)[C@@H](O)[C@@H](O)[C@@H]1O)CC(=O)NCCO[C@@H]1O[C@@H](C)[C@@H](O)[C@@H](O)[C@@H]1O.CCNC(=O)CCCCCNC(=O)CN(CC(=O)NCCO[C@@H]1O[C@@H](C)[C@@H](O)[C@@H](O)[C@@H]1O)CC(=O)NCCO[C@@H]1O[C@@H](C)[C@@H](O)[C@@H](O)[C@@H]1O. The summed E-state index contributed by atoms with van der Waals surface area (Å²) in [6.45, 7) is 14.2. The maximum absolute atomic E-state index is 12.9. The lowest BCUT2D eigenvalue weighted by atomic mass is 10.00. The molecule has 0 bridgehead atoms. The number of aliphatic hydroxyl groups excluding tert-OH is 18. The van der Waals surface area contributed by atoms with Gasteiger partial charge in [-0.3, -0.25) is 72.2 Å². The Kier molecular flexibility index (Phi) is 70.1. The predicted octanol–water partition coefficient (Wildman–Crippen LogP) is -9.96. The summed E-state index contributed by atoms with van der Waals surface area (Å²) in [6.07, 6.45) is -28.1. The van der Waals surface area contributed by atoms with Crippen LogP contribution in [-0.4, -0.2) is 519 Å². The van der Waals surface area contributed by atoms with Crippen LogP contribution >= 0.6 is 0 Å². The van der Waals surface area contributed by atoms with Crippen LogP contribution in [-0.2, 0) is 114 Å². The van der Waals surface area contributed by atoms with Gasteiger partial charge >= 0.3 is 0 Å². The topological polar surface area (TPSA) is 798 Å². The smallest absolute Gasteiger partial charge is 0.234 e. The van der Waals surface area contributed by atoms with E-state index in [9.17, 15) is 149 Å². The van der Waals surface area contributed by atoms with E-state index in [2.05, 4.69) is 47.9 Å². The number of aliphatic hydroxyl groups is 18. The van der Waals surface area contributed by atoms with Crippen molar-refractivity contribution in [2.75, 3.05) is 157 Å². The van der Waals surface area contributed by atoms with E-state index in [1.807, 2.05) is 20.8 Å². The molecule has 0 aliphatic carbocycles. The highest BCUT2D eigenvalue weighted by molar-refractivity contribution is 5.87. The molecule has 6 aliphatic rings. The molecule has 54 heteroatoms. The number of Topliss-reactive ketones (excluding diaryl/α,β-unsaturated/α-hetero) is 3. The number of ether oxygens (including phenoxy) is 12. The predicted molar refractivity (Wildman–Crippen MR) is 525 cm³/mol. The van der Waals surface area contributed by atoms with Crippen molar-refractivity contribution in [1.82, 2.24) is 62.6 Å². The first-order chi connectivity index (χ1) is 69.7. The van der Waals surface area contributed by atoms with Crippen LogP contribution in [0.2, 0.25) is 0 Å². The zero-order chi connectivity index (χ0) is 110. The average Bonchev–Trinajstić information content (AvgIpc) is 0.847. The molecule has 0 aromatic carbocycles. The Labute approximate surface area is 870 Å². The fourth-order valence-corrected chi connectivity index (χ4v) is 15.8. The van der Waals surface area contributed by atoms with E-state index in [0.29, 0.717) is 84.1 Å². The highest BCUT2D eigenvalue weighted by Gasteiger charge is 2.48. The van der Waals surface area contributed by atoms with Crippen molar-refractivity contribution in [2.24, 2.45) is 0 Å². The highest BCUT2D eigenvalue weighted by Crippen LogP contribution is 2.29. The number of hydrogen-bond donors (Lipinski definition) is 27. The van der Waals surface area contributed by atoms with Gasteiger partial charge in [-0.25, -0.2) is 0 Å². The molecule has 6 heterocycles. The number of ketones is 3. The van der Waals surface area contributed by atoms with Gasteiger partial charge in [-0.2, -0.15) is 0 Å². The van der Waals surface area contributed by atoms with Gasteiger partial charge in [0.1, 0.15) is 127 Å². The molecule has 868 valence electrons.